The van der Waals surface area contributed by atoms with Gasteiger partial charge in [-0.05, 0) is 30.3 Å². The Morgan fingerprint density at radius 3 is 2.42 bits per heavy atom. The van der Waals surface area contributed by atoms with Crippen molar-refractivity contribution in [3.63, 3.8) is 0 Å². The standard InChI is InChI=1S/C15H16N2O2/c1-17(11-6-4-3-5-7-11)12-8-9-14(16)13(10-12)15(18)19-2/h3-10H,16H2,1-2H3. The fraction of sp³-hybridized carbons (Fsp3) is 0.133. The summed E-state index contributed by atoms with van der Waals surface area (Å²) in [6.45, 7) is 0. The summed E-state index contributed by atoms with van der Waals surface area (Å²) in [7, 11) is 3.28. The van der Waals surface area contributed by atoms with Gasteiger partial charge in [0.05, 0.1) is 12.7 Å². The third kappa shape index (κ3) is 2.68. The molecule has 0 fully saturated rings. The first kappa shape index (κ1) is 13.0. The molecule has 4 nitrogen and oxygen atoms in total. The van der Waals surface area contributed by atoms with Crippen molar-refractivity contribution in [2.45, 2.75) is 0 Å². The molecule has 0 spiro atoms. The Balaban J connectivity index is 2.38. The maximum Gasteiger partial charge on any atom is 0.340 e. The normalized spacial score (nSPS) is 10.0. The van der Waals surface area contributed by atoms with Crippen LogP contribution in [0.25, 0.3) is 0 Å². The number of ether oxygens (including phenoxy) is 1. The van der Waals surface area contributed by atoms with E-state index in [-0.39, 0.29) is 0 Å². The van der Waals surface area contributed by atoms with Crippen molar-refractivity contribution in [1.29, 1.82) is 0 Å². The van der Waals surface area contributed by atoms with Crippen LogP contribution < -0.4 is 10.6 Å². The first-order chi connectivity index (χ1) is 9.13. The summed E-state index contributed by atoms with van der Waals surface area (Å²) < 4.78 is 4.72. The van der Waals surface area contributed by atoms with E-state index in [9.17, 15) is 4.79 Å². The molecule has 0 aliphatic rings. The van der Waals surface area contributed by atoms with Crippen LogP contribution in [0.3, 0.4) is 0 Å². The highest BCUT2D eigenvalue weighted by atomic mass is 16.5. The highest BCUT2D eigenvalue weighted by Crippen LogP contribution is 2.26. The maximum atomic E-state index is 11.6. The summed E-state index contributed by atoms with van der Waals surface area (Å²) in [6.07, 6.45) is 0. The molecular formula is C15H16N2O2. The van der Waals surface area contributed by atoms with Crippen LogP contribution in [0.5, 0.6) is 0 Å². The molecule has 4 heteroatoms. The molecule has 0 amide bonds. The molecule has 0 aliphatic carbocycles. The van der Waals surface area contributed by atoms with Gasteiger partial charge in [-0.15, -0.1) is 0 Å². The third-order valence-electron chi connectivity index (χ3n) is 2.97. The lowest BCUT2D eigenvalue weighted by Crippen LogP contribution is -2.12. The van der Waals surface area contributed by atoms with Crippen LogP contribution in [0.4, 0.5) is 17.1 Å². The van der Waals surface area contributed by atoms with Gasteiger partial charge in [-0.25, -0.2) is 4.79 Å². The number of methoxy groups -OCH3 is 1. The molecule has 0 saturated carbocycles. The smallest absolute Gasteiger partial charge is 0.340 e. The molecule has 2 N–H and O–H groups in total. The number of hydrogen-bond acceptors (Lipinski definition) is 4. The minimum Gasteiger partial charge on any atom is -0.465 e. The van der Waals surface area contributed by atoms with Gasteiger partial charge in [-0.1, -0.05) is 18.2 Å². The molecule has 0 radical (unpaired) electrons. The number of anilines is 3. The van der Waals surface area contributed by atoms with Crippen molar-refractivity contribution in [2.75, 3.05) is 24.8 Å². The van der Waals surface area contributed by atoms with Crippen LogP contribution in [0.1, 0.15) is 10.4 Å². The number of benzene rings is 2. The molecule has 0 heterocycles. The number of carbonyl (C=O) groups excluding carboxylic acids is 1. The van der Waals surface area contributed by atoms with E-state index in [0.717, 1.165) is 11.4 Å². The van der Waals surface area contributed by atoms with E-state index in [1.165, 1.54) is 7.11 Å². The third-order valence-corrected chi connectivity index (χ3v) is 2.97. The summed E-state index contributed by atoms with van der Waals surface area (Å²) >= 11 is 0. The second kappa shape index (κ2) is 5.44. The lowest BCUT2D eigenvalue weighted by atomic mass is 10.1. The fourth-order valence-corrected chi connectivity index (χ4v) is 1.84. The van der Waals surface area contributed by atoms with Crippen LogP contribution in [0.15, 0.2) is 48.5 Å². The van der Waals surface area contributed by atoms with Crippen LogP contribution in [-0.4, -0.2) is 20.1 Å². The summed E-state index contributed by atoms with van der Waals surface area (Å²) in [6, 6.07) is 15.2. The van der Waals surface area contributed by atoms with Crippen LogP contribution in [0.2, 0.25) is 0 Å². The van der Waals surface area contributed by atoms with E-state index in [1.807, 2.05) is 48.3 Å². The van der Waals surface area contributed by atoms with Gasteiger partial charge in [-0.2, -0.15) is 0 Å². The van der Waals surface area contributed by atoms with Gasteiger partial charge in [-0.3, -0.25) is 0 Å². The van der Waals surface area contributed by atoms with E-state index in [4.69, 9.17) is 10.5 Å². The van der Waals surface area contributed by atoms with Crippen molar-refractivity contribution < 1.29 is 9.53 Å². The van der Waals surface area contributed by atoms with Gasteiger partial charge in [0.25, 0.3) is 0 Å². The maximum absolute atomic E-state index is 11.6. The Morgan fingerprint density at radius 2 is 1.79 bits per heavy atom. The zero-order chi connectivity index (χ0) is 13.8. The number of nitrogens with zero attached hydrogens (tertiary/aromatic N) is 1. The number of nitrogens with two attached hydrogens (primary N) is 1. The Hall–Kier alpha value is -2.49. The SMILES string of the molecule is COC(=O)c1cc(N(C)c2ccccc2)ccc1N. The molecule has 0 atom stereocenters. The summed E-state index contributed by atoms with van der Waals surface area (Å²) in [5.74, 6) is -0.430. The average molecular weight is 256 g/mol. The molecule has 2 rings (SSSR count). The fourth-order valence-electron chi connectivity index (χ4n) is 1.84. The van der Waals surface area contributed by atoms with Gasteiger partial charge in [0, 0.05) is 24.1 Å². The number of para-hydroxylation sites is 1. The number of esters is 1. The Morgan fingerprint density at radius 1 is 1.11 bits per heavy atom. The lowest BCUT2D eigenvalue weighted by molar-refractivity contribution is 0.0602. The van der Waals surface area contributed by atoms with Gasteiger partial charge in [0.15, 0.2) is 0 Å². The van der Waals surface area contributed by atoms with Gasteiger partial charge in [0.2, 0.25) is 0 Å². The number of nitrogen functional groups attached to an aromatic ring is 1. The van der Waals surface area contributed by atoms with Gasteiger partial charge >= 0.3 is 5.97 Å². The van der Waals surface area contributed by atoms with E-state index >= 15 is 0 Å². The van der Waals surface area contributed by atoms with Crippen molar-refractivity contribution in [3.05, 3.63) is 54.1 Å². The lowest BCUT2D eigenvalue weighted by Gasteiger charge is -2.20. The molecule has 0 aliphatic heterocycles. The Labute approximate surface area is 112 Å². The second-order valence-electron chi connectivity index (χ2n) is 4.16. The molecule has 98 valence electrons. The number of hydrogen-bond donors (Lipinski definition) is 1. The van der Waals surface area contributed by atoms with Gasteiger partial charge in [0.1, 0.15) is 0 Å². The average Bonchev–Trinajstić information content (AvgIpc) is 2.47. The minimum absolute atomic E-state index is 0.378. The zero-order valence-corrected chi connectivity index (χ0v) is 11.0. The molecule has 0 bridgehead atoms. The quantitative estimate of drug-likeness (QED) is 0.677. The summed E-state index contributed by atoms with van der Waals surface area (Å²) in [4.78, 5) is 13.6. The van der Waals surface area contributed by atoms with E-state index < -0.39 is 5.97 Å². The molecule has 0 unspecified atom stereocenters. The van der Waals surface area contributed by atoms with Gasteiger partial charge < -0.3 is 15.4 Å². The Bertz CT molecular complexity index is 582. The number of rotatable bonds is 3. The predicted octanol–water partition coefficient (Wildman–Crippen LogP) is 2.82. The van der Waals surface area contributed by atoms with Crippen LogP contribution >= 0.6 is 0 Å². The van der Waals surface area contributed by atoms with E-state index in [1.54, 1.807) is 12.1 Å². The first-order valence-electron chi connectivity index (χ1n) is 5.90. The van der Waals surface area contributed by atoms with Crippen molar-refractivity contribution in [1.82, 2.24) is 0 Å². The summed E-state index contributed by atoms with van der Waals surface area (Å²) in [5, 5.41) is 0. The molecule has 2 aromatic carbocycles. The van der Waals surface area contributed by atoms with Crippen molar-refractivity contribution >= 4 is 23.0 Å². The van der Waals surface area contributed by atoms with E-state index in [0.29, 0.717) is 11.3 Å². The van der Waals surface area contributed by atoms with E-state index in [2.05, 4.69) is 0 Å². The molecule has 0 saturated heterocycles. The summed E-state index contributed by atoms with van der Waals surface area (Å²) in [5.41, 5.74) is 8.48. The largest absolute Gasteiger partial charge is 0.465 e. The highest BCUT2D eigenvalue weighted by molar-refractivity contribution is 5.96. The second-order valence-corrected chi connectivity index (χ2v) is 4.16. The first-order valence-corrected chi connectivity index (χ1v) is 5.90. The van der Waals surface area contributed by atoms with Crippen molar-refractivity contribution in [2.24, 2.45) is 0 Å². The molecule has 2 aromatic rings. The predicted molar refractivity (Wildman–Crippen MR) is 76.7 cm³/mol. The monoisotopic (exact) mass is 256 g/mol. The minimum atomic E-state index is -0.430. The molecule has 19 heavy (non-hydrogen) atoms. The number of carbonyl (C=O) groups is 1. The van der Waals surface area contributed by atoms with Crippen molar-refractivity contribution in [3.8, 4) is 0 Å². The Kier molecular flexibility index (Phi) is 3.71. The molecule has 0 aromatic heterocycles. The topological polar surface area (TPSA) is 55.6 Å². The van der Waals surface area contributed by atoms with Crippen LogP contribution in [0, 0.1) is 0 Å². The molecular weight excluding hydrogens is 240 g/mol. The van der Waals surface area contributed by atoms with Crippen LogP contribution in [-0.2, 0) is 4.74 Å². The highest BCUT2D eigenvalue weighted by Gasteiger charge is 2.12. The zero-order valence-electron chi connectivity index (χ0n) is 11.0.